The normalized spacial score (nSPS) is 23.6. The van der Waals surface area contributed by atoms with E-state index in [0.717, 1.165) is 51.4 Å². The lowest BCUT2D eigenvalue weighted by atomic mass is 10.0. The number of pyridine rings is 1. The van der Waals surface area contributed by atoms with Gasteiger partial charge in [-0.3, -0.25) is 4.79 Å². The number of carbonyl (C=O) groups excluding carboxylic acids is 1. The van der Waals surface area contributed by atoms with E-state index in [4.69, 9.17) is 0 Å². The van der Waals surface area contributed by atoms with Gasteiger partial charge in [-0.15, -0.1) is 0 Å². The van der Waals surface area contributed by atoms with E-state index in [-0.39, 0.29) is 5.91 Å². The number of rotatable bonds is 2. The summed E-state index contributed by atoms with van der Waals surface area (Å²) in [5.74, 6) is 1.11. The van der Waals surface area contributed by atoms with Crippen molar-refractivity contribution < 1.29 is 4.79 Å². The molecule has 0 spiro atoms. The number of likely N-dealkylation sites (tertiary alicyclic amines) is 1. The van der Waals surface area contributed by atoms with Crippen molar-refractivity contribution in [3.8, 4) is 0 Å². The number of amides is 1. The van der Waals surface area contributed by atoms with Crippen LogP contribution in [0.4, 0.5) is 5.82 Å². The zero-order valence-corrected chi connectivity index (χ0v) is 13.7. The second-order valence-corrected chi connectivity index (χ2v) is 6.54. The fraction of sp³-hybridized carbons (Fsp3) is 0.647. The molecule has 3 rings (SSSR count). The molecule has 2 aliphatic heterocycles. The lowest BCUT2D eigenvalue weighted by Gasteiger charge is -2.34. The van der Waals surface area contributed by atoms with Crippen molar-refractivity contribution in [3.05, 3.63) is 23.9 Å². The molecule has 0 radical (unpaired) electrons. The molecule has 2 aliphatic rings. The molecule has 3 heterocycles. The summed E-state index contributed by atoms with van der Waals surface area (Å²) in [5, 5.41) is 0. The first-order chi connectivity index (χ1) is 10.6. The van der Waals surface area contributed by atoms with Gasteiger partial charge in [-0.2, -0.15) is 0 Å². The lowest BCUT2D eigenvalue weighted by molar-refractivity contribution is 0.0635. The molecule has 1 aromatic rings. The maximum Gasteiger partial charge on any atom is 0.255 e. The van der Waals surface area contributed by atoms with Crippen LogP contribution in [0.1, 0.15) is 36.5 Å². The zero-order valence-electron chi connectivity index (χ0n) is 13.7. The third-order valence-corrected chi connectivity index (χ3v) is 4.89. The van der Waals surface area contributed by atoms with Gasteiger partial charge in [0.25, 0.3) is 5.91 Å². The highest BCUT2D eigenvalue weighted by atomic mass is 16.2. The molecule has 0 saturated carbocycles. The van der Waals surface area contributed by atoms with E-state index < -0.39 is 0 Å². The monoisotopic (exact) mass is 302 g/mol. The quantitative estimate of drug-likeness (QED) is 0.836. The highest BCUT2D eigenvalue weighted by molar-refractivity contribution is 5.94. The molecule has 1 unspecified atom stereocenters. The highest BCUT2D eigenvalue weighted by Crippen LogP contribution is 2.20. The Balaban J connectivity index is 1.67. The summed E-state index contributed by atoms with van der Waals surface area (Å²) >= 11 is 0. The first-order valence-electron chi connectivity index (χ1n) is 8.35. The molecule has 1 atom stereocenters. The predicted octanol–water partition coefficient (Wildman–Crippen LogP) is 1.85. The van der Waals surface area contributed by atoms with Gasteiger partial charge in [0.2, 0.25) is 0 Å². The summed E-state index contributed by atoms with van der Waals surface area (Å²) in [6, 6.07) is 4.27. The molecule has 0 aliphatic carbocycles. The van der Waals surface area contributed by atoms with Crippen LogP contribution in [0.2, 0.25) is 0 Å². The van der Waals surface area contributed by atoms with Crippen molar-refractivity contribution >= 4 is 11.7 Å². The van der Waals surface area contributed by atoms with Gasteiger partial charge in [0.15, 0.2) is 0 Å². The number of aromatic nitrogens is 1. The van der Waals surface area contributed by atoms with E-state index in [9.17, 15) is 4.79 Å². The Kier molecular flexibility index (Phi) is 4.62. The molecule has 5 nitrogen and oxygen atoms in total. The maximum absolute atomic E-state index is 12.6. The van der Waals surface area contributed by atoms with Crippen LogP contribution in [-0.2, 0) is 0 Å². The third kappa shape index (κ3) is 3.24. The minimum atomic E-state index is 0.129. The molecule has 22 heavy (non-hydrogen) atoms. The van der Waals surface area contributed by atoms with Crippen molar-refractivity contribution in [2.24, 2.45) is 0 Å². The SMILES string of the molecule is CC1CCCCN1C(=O)c1ccc(N2CCN(C)CC2)nc1. The second kappa shape index (κ2) is 6.65. The van der Waals surface area contributed by atoms with Crippen LogP contribution < -0.4 is 4.90 Å². The Morgan fingerprint density at radius 2 is 1.91 bits per heavy atom. The summed E-state index contributed by atoms with van der Waals surface area (Å²) in [4.78, 5) is 23.7. The number of piperazine rings is 1. The largest absolute Gasteiger partial charge is 0.354 e. The van der Waals surface area contributed by atoms with E-state index in [2.05, 4.69) is 28.8 Å². The minimum Gasteiger partial charge on any atom is -0.354 e. The van der Waals surface area contributed by atoms with E-state index in [0.29, 0.717) is 11.6 Å². The molecule has 0 aromatic carbocycles. The fourth-order valence-corrected chi connectivity index (χ4v) is 3.30. The summed E-state index contributed by atoms with van der Waals surface area (Å²) in [7, 11) is 2.15. The second-order valence-electron chi connectivity index (χ2n) is 6.54. The zero-order chi connectivity index (χ0) is 15.5. The van der Waals surface area contributed by atoms with Crippen LogP contribution in [-0.4, -0.2) is 66.5 Å². The summed E-state index contributed by atoms with van der Waals surface area (Å²) in [5.41, 5.74) is 0.714. The van der Waals surface area contributed by atoms with Crippen LogP contribution in [0.3, 0.4) is 0 Å². The number of anilines is 1. The van der Waals surface area contributed by atoms with Crippen molar-refractivity contribution in [2.45, 2.75) is 32.2 Å². The molecule has 1 amide bonds. The van der Waals surface area contributed by atoms with Crippen molar-refractivity contribution in [3.63, 3.8) is 0 Å². The minimum absolute atomic E-state index is 0.129. The number of likely N-dealkylation sites (N-methyl/N-ethyl adjacent to an activating group) is 1. The Bertz CT molecular complexity index is 508. The van der Waals surface area contributed by atoms with Gasteiger partial charge in [0.05, 0.1) is 5.56 Å². The highest BCUT2D eigenvalue weighted by Gasteiger charge is 2.24. The van der Waals surface area contributed by atoms with Gasteiger partial charge < -0.3 is 14.7 Å². The Morgan fingerprint density at radius 3 is 2.55 bits per heavy atom. The van der Waals surface area contributed by atoms with Crippen molar-refractivity contribution in [1.82, 2.24) is 14.8 Å². The van der Waals surface area contributed by atoms with Gasteiger partial charge in [0.1, 0.15) is 5.82 Å². The smallest absolute Gasteiger partial charge is 0.255 e. The Hall–Kier alpha value is -1.62. The molecule has 2 fully saturated rings. The maximum atomic E-state index is 12.6. The summed E-state index contributed by atoms with van der Waals surface area (Å²) < 4.78 is 0. The van der Waals surface area contributed by atoms with Crippen molar-refractivity contribution in [2.75, 3.05) is 44.7 Å². The molecular formula is C17H26N4O. The molecule has 2 saturated heterocycles. The number of hydrogen-bond donors (Lipinski definition) is 0. The fourth-order valence-electron chi connectivity index (χ4n) is 3.30. The van der Waals surface area contributed by atoms with Crippen molar-refractivity contribution in [1.29, 1.82) is 0 Å². The van der Waals surface area contributed by atoms with Crippen LogP contribution in [0.15, 0.2) is 18.3 Å². The number of nitrogens with zero attached hydrogens (tertiary/aromatic N) is 4. The number of carbonyl (C=O) groups is 1. The van der Waals surface area contributed by atoms with Gasteiger partial charge in [0, 0.05) is 45.0 Å². The lowest BCUT2D eigenvalue weighted by Crippen LogP contribution is -2.45. The van der Waals surface area contributed by atoms with Crippen LogP contribution in [0, 0.1) is 0 Å². The van der Waals surface area contributed by atoms with E-state index >= 15 is 0 Å². The first kappa shape index (κ1) is 15.3. The Morgan fingerprint density at radius 1 is 1.14 bits per heavy atom. The van der Waals surface area contributed by atoms with Gasteiger partial charge in [-0.05, 0) is 45.4 Å². The summed E-state index contributed by atoms with van der Waals surface area (Å²) in [6.45, 7) is 7.14. The molecular weight excluding hydrogens is 276 g/mol. The topological polar surface area (TPSA) is 39.7 Å². The number of piperidine rings is 1. The van der Waals surface area contributed by atoms with Crippen LogP contribution in [0.5, 0.6) is 0 Å². The molecule has 5 heteroatoms. The third-order valence-electron chi connectivity index (χ3n) is 4.89. The average molecular weight is 302 g/mol. The van der Waals surface area contributed by atoms with Crippen LogP contribution in [0.25, 0.3) is 0 Å². The molecule has 1 aromatic heterocycles. The van der Waals surface area contributed by atoms with E-state index in [1.54, 1.807) is 6.20 Å². The van der Waals surface area contributed by atoms with E-state index in [1.807, 2.05) is 17.0 Å². The standard InChI is InChI=1S/C17H26N4O/c1-14-5-3-4-8-21(14)17(22)15-6-7-16(18-13-15)20-11-9-19(2)10-12-20/h6-7,13-14H,3-5,8-12H2,1-2H3. The predicted molar refractivity (Wildman–Crippen MR) is 88.3 cm³/mol. The average Bonchev–Trinajstić information content (AvgIpc) is 2.56. The molecule has 0 bridgehead atoms. The molecule has 0 N–H and O–H groups in total. The first-order valence-corrected chi connectivity index (χ1v) is 8.35. The molecule has 120 valence electrons. The van der Waals surface area contributed by atoms with Gasteiger partial charge in [-0.1, -0.05) is 0 Å². The van der Waals surface area contributed by atoms with Gasteiger partial charge >= 0.3 is 0 Å². The number of hydrogen-bond acceptors (Lipinski definition) is 4. The Labute approximate surface area is 132 Å². The van der Waals surface area contributed by atoms with Gasteiger partial charge in [-0.25, -0.2) is 4.98 Å². The van der Waals surface area contributed by atoms with E-state index in [1.165, 1.54) is 6.42 Å². The van der Waals surface area contributed by atoms with Crippen LogP contribution >= 0.6 is 0 Å². The summed E-state index contributed by atoms with van der Waals surface area (Å²) in [6.07, 6.45) is 5.20.